The van der Waals surface area contributed by atoms with Gasteiger partial charge in [-0.3, -0.25) is 0 Å². The number of nitrogens with zero attached hydrogens (tertiary/aromatic N) is 1. The van der Waals surface area contributed by atoms with Crippen LogP contribution in [0, 0.1) is 0 Å². The molecule has 0 N–H and O–H groups in total. The summed E-state index contributed by atoms with van der Waals surface area (Å²) in [6.45, 7) is 0. The van der Waals surface area contributed by atoms with Gasteiger partial charge < -0.3 is 4.57 Å². The lowest BCUT2D eigenvalue weighted by molar-refractivity contribution is 1.18. The average molecular weight is 986 g/mol. The van der Waals surface area contributed by atoms with Crippen LogP contribution in [0.4, 0.5) is 0 Å². The lowest BCUT2D eigenvalue weighted by Gasteiger charge is -2.18. The first-order valence-electron chi connectivity index (χ1n) is 25.7. The Kier molecular flexibility index (Phi) is 9.44. The standard InChI is InChI=1S/C72H43NS2/c1-2-16-51-44(14-1)15-11-23-52(51)45-30-32-46(33-31-45)69-57-19-3-5-21-59(57)70(60-22-6-4-20-58(60)69)47-34-38-50(39-35-47)73-65-40-36-48(53-24-12-26-61-55-17-7-9-28-67(55)74-71(53)61)42-63(65)64-43-49(37-41-66(64)73)54-25-13-27-62-56-18-8-10-29-68(56)75-72(54)62/h1-43H. The van der Waals surface area contributed by atoms with Crippen molar-refractivity contribution in [1.29, 1.82) is 0 Å². The van der Waals surface area contributed by atoms with Crippen molar-refractivity contribution in [3.63, 3.8) is 0 Å². The highest BCUT2D eigenvalue weighted by atomic mass is 32.1. The Morgan fingerprint density at radius 3 is 1.13 bits per heavy atom. The Hall–Kier alpha value is -9.12. The number of aromatic nitrogens is 1. The molecule has 75 heavy (non-hydrogen) atoms. The zero-order chi connectivity index (χ0) is 49.1. The van der Waals surface area contributed by atoms with Crippen molar-refractivity contribution < 1.29 is 0 Å². The molecule has 0 bridgehead atoms. The summed E-state index contributed by atoms with van der Waals surface area (Å²) in [5.74, 6) is 0. The molecule has 3 aromatic heterocycles. The molecule has 16 rings (SSSR count). The van der Waals surface area contributed by atoms with Gasteiger partial charge in [-0.15, -0.1) is 22.7 Å². The minimum absolute atomic E-state index is 1.13. The topological polar surface area (TPSA) is 4.93 Å². The van der Waals surface area contributed by atoms with Crippen molar-refractivity contribution in [2.45, 2.75) is 0 Å². The number of benzene rings is 13. The quantitative estimate of drug-likeness (QED) is 0.146. The molecular formula is C72H43NS2. The molecule has 0 unspecified atom stereocenters. The van der Waals surface area contributed by atoms with Gasteiger partial charge in [-0.25, -0.2) is 0 Å². The van der Waals surface area contributed by atoms with Crippen LogP contribution in [0.5, 0.6) is 0 Å². The van der Waals surface area contributed by atoms with Gasteiger partial charge in [0.15, 0.2) is 0 Å². The van der Waals surface area contributed by atoms with Crippen LogP contribution < -0.4 is 0 Å². The van der Waals surface area contributed by atoms with E-state index in [2.05, 4.69) is 265 Å². The van der Waals surface area contributed by atoms with Crippen LogP contribution in [0.3, 0.4) is 0 Å². The third kappa shape index (κ3) is 6.55. The lowest BCUT2D eigenvalue weighted by atomic mass is 9.85. The molecule has 0 amide bonds. The van der Waals surface area contributed by atoms with Crippen molar-refractivity contribution in [2.24, 2.45) is 0 Å². The Balaban J connectivity index is 0.854. The van der Waals surface area contributed by atoms with Crippen LogP contribution in [0.15, 0.2) is 261 Å². The van der Waals surface area contributed by atoms with Crippen molar-refractivity contribution >= 4 is 117 Å². The first-order valence-corrected chi connectivity index (χ1v) is 27.4. The zero-order valence-corrected chi connectivity index (χ0v) is 42.2. The van der Waals surface area contributed by atoms with E-state index in [-0.39, 0.29) is 0 Å². The molecule has 0 aliphatic carbocycles. The number of rotatable bonds is 6. The van der Waals surface area contributed by atoms with E-state index in [1.165, 1.54) is 150 Å². The Morgan fingerprint density at radius 1 is 0.240 bits per heavy atom. The molecule has 0 aliphatic rings. The summed E-state index contributed by atoms with van der Waals surface area (Å²) < 4.78 is 7.78. The molecular weight excluding hydrogens is 943 g/mol. The number of fused-ring (bicyclic) bond motifs is 12. The van der Waals surface area contributed by atoms with Crippen molar-refractivity contribution in [1.82, 2.24) is 4.57 Å². The summed E-state index contributed by atoms with van der Waals surface area (Å²) in [6, 6.07) is 97.2. The minimum atomic E-state index is 1.13. The summed E-state index contributed by atoms with van der Waals surface area (Å²) in [5, 5.41) is 15.3. The van der Waals surface area contributed by atoms with Crippen LogP contribution in [0.2, 0.25) is 0 Å². The van der Waals surface area contributed by atoms with E-state index in [4.69, 9.17) is 0 Å². The fourth-order valence-electron chi connectivity index (χ4n) is 12.4. The maximum Gasteiger partial charge on any atom is 0.0541 e. The minimum Gasteiger partial charge on any atom is -0.309 e. The van der Waals surface area contributed by atoms with Gasteiger partial charge in [0.1, 0.15) is 0 Å². The molecule has 0 spiro atoms. The second-order valence-electron chi connectivity index (χ2n) is 19.9. The molecule has 0 fully saturated rings. The van der Waals surface area contributed by atoms with Crippen LogP contribution >= 0.6 is 22.7 Å². The second kappa shape index (κ2) is 16.7. The Bertz CT molecular complexity index is 4760. The molecule has 3 heterocycles. The summed E-state index contributed by atoms with van der Waals surface area (Å²) in [7, 11) is 0. The van der Waals surface area contributed by atoms with Crippen LogP contribution in [-0.2, 0) is 0 Å². The molecule has 3 heteroatoms. The van der Waals surface area contributed by atoms with E-state index in [1.54, 1.807) is 0 Å². The average Bonchev–Trinajstić information content (AvgIpc) is 4.20. The first-order chi connectivity index (χ1) is 37.2. The highest BCUT2D eigenvalue weighted by Crippen LogP contribution is 2.47. The summed E-state index contributed by atoms with van der Waals surface area (Å²) >= 11 is 3.78. The van der Waals surface area contributed by atoms with E-state index >= 15 is 0 Å². The van der Waals surface area contributed by atoms with Crippen molar-refractivity contribution in [3.8, 4) is 61.3 Å². The van der Waals surface area contributed by atoms with Gasteiger partial charge >= 0.3 is 0 Å². The maximum atomic E-state index is 2.48. The molecule has 348 valence electrons. The highest BCUT2D eigenvalue weighted by molar-refractivity contribution is 7.26. The molecule has 16 aromatic rings. The van der Waals surface area contributed by atoms with Crippen LogP contribution in [0.1, 0.15) is 0 Å². The van der Waals surface area contributed by atoms with Gasteiger partial charge in [-0.1, -0.05) is 212 Å². The molecule has 0 saturated heterocycles. The van der Waals surface area contributed by atoms with E-state index in [1.807, 2.05) is 22.7 Å². The molecule has 1 nitrogen and oxygen atoms in total. The summed E-state index contributed by atoms with van der Waals surface area (Å²) in [5.41, 5.74) is 15.9. The predicted molar refractivity (Wildman–Crippen MR) is 326 cm³/mol. The normalized spacial score (nSPS) is 12.0. The zero-order valence-electron chi connectivity index (χ0n) is 40.6. The third-order valence-corrected chi connectivity index (χ3v) is 18.3. The molecule has 0 radical (unpaired) electrons. The number of thiophene rings is 2. The van der Waals surface area contributed by atoms with E-state index < -0.39 is 0 Å². The van der Waals surface area contributed by atoms with E-state index in [9.17, 15) is 0 Å². The van der Waals surface area contributed by atoms with Crippen molar-refractivity contribution in [2.75, 3.05) is 0 Å². The van der Waals surface area contributed by atoms with Gasteiger partial charge in [0, 0.05) is 56.8 Å². The third-order valence-electron chi connectivity index (χ3n) is 15.8. The van der Waals surface area contributed by atoms with Gasteiger partial charge in [0.25, 0.3) is 0 Å². The van der Waals surface area contributed by atoms with Gasteiger partial charge in [0.2, 0.25) is 0 Å². The van der Waals surface area contributed by atoms with Gasteiger partial charge in [-0.05, 0) is 136 Å². The van der Waals surface area contributed by atoms with Crippen molar-refractivity contribution in [3.05, 3.63) is 261 Å². The smallest absolute Gasteiger partial charge is 0.0541 e. The number of hydrogen-bond acceptors (Lipinski definition) is 2. The largest absolute Gasteiger partial charge is 0.309 e. The fraction of sp³-hybridized carbons (Fsp3) is 0. The first kappa shape index (κ1) is 42.4. The Labute approximate surface area is 441 Å². The molecule has 0 atom stereocenters. The van der Waals surface area contributed by atoms with Crippen LogP contribution in [-0.4, -0.2) is 4.57 Å². The molecule has 0 saturated carbocycles. The van der Waals surface area contributed by atoms with E-state index in [0.717, 1.165) is 5.69 Å². The maximum absolute atomic E-state index is 2.48. The lowest BCUT2D eigenvalue weighted by Crippen LogP contribution is -1.95. The molecule has 0 aliphatic heterocycles. The fourth-order valence-corrected chi connectivity index (χ4v) is 14.9. The predicted octanol–water partition coefficient (Wildman–Crippen LogP) is 21.3. The van der Waals surface area contributed by atoms with Crippen LogP contribution in [0.25, 0.3) is 156 Å². The number of hydrogen-bond donors (Lipinski definition) is 0. The van der Waals surface area contributed by atoms with Gasteiger partial charge in [0.05, 0.1) is 11.0 Å². The Morgan fingerprint density at radius 2 is 0.613 bits per heavy atom. The summed E-state index contributed by atoms with van der Waals surface area (Å²) in [4.78, 5) is 0. The molecule has 13 aromatic carbocycles. The highest BCUT2D eigenvalue weighted by Gasteiger charge is 2.21. The second-order valence-corrected chi connectivity index (χ2v) is 22.0. The SMILES string of the molecule is c1ccc2c(-c3ccc(-c4c5ccccc5c(-c5ccc(-n6c7ccc(-c8cccc9c8sc8ccccc89)cc7c7cc(-c8cccc9c8sc8ccccc89)ccc76)cc5)c5ccccc45)cc3)cccc2c1. The van der Waals surface area contributed by atoms with Gasteiger partial charge in [-0.2, -0.15) is 0 Å². The summed E-state index contributed by atoms with van der Waals surface area (Å²) in [6.07, 6.45) is 0. The van der Waals surface area contributed by atoms with E-state index in [0.29, 0.717) is 0 Å². The monoisotopic (exact) mass is 985 g/mol.